The van der Waals surface area contributed by atoms with E-state index < -0.39 is 0 Å². The van der Waals surface area contributed by atoms with E-state index in [2.05, 4.69) is 36.3 Å². The van der Waals surface area contributed by atoms with Crippen molar-refractivity contribution in [3.63, 3.8) is 0 Å². The van der Waals surface area contributed by atoms with E-state index in [-0.39, 0.29) is 24.4 Å². The molecule has 0 saturated carbocycles. The average molecular weight is 354 g/mol. The van der Waals surface area contributed by atoms with Crippen molar-refractivity contribution in [1.82, 2.24) is 10.2 Å². The van der Waals surface area contributed by atoms with Crippen LogP contribution in [-0.4, -0.2) is 43.0 Å². The fraction of sp³-hybridized carbons (Fsp3) is 0.632. The van der Waals surface area contributed by atoms with Crippen molar-refractivity contribution in [3.8, 4) is 0 Å². The van der Waals surface area contributed by atoms with Crippen molar-refractivity contribution in [2.75, 3.05) is 31.5 Å². The van der Waals surface area contributed by atoms with Crippen molar-refractivity contribution in [2.24, 2.45) is 5.41 Å². The van der Waals surface area contributed by atoms with Crippen LogP contribution in [0.3, 0.4) is 0 Å². The SMILES string of the molecule is CCCN(CC1(C)CCNC1)C(C)CC(=O)Nc1ccccc1.Cl. The Labute approximate surface area is 152 Å². The van der Waals surface area contributed by atoms with Gasteiger partial charge < -0.3 is 10.6 Å². The molecule has 5 heteroatoms. The summed E-state index contributed by atoms with van der Waals surface area (Å²) in [5.74, 6) is 0.0968. The zero-order valence-electron chi connectivity index (χ0n) is 15.2. The van der Waals surface area contributed by atoms with Gasteiger partial charge in [0.15, 0.2) is 0 Å². The number of carbonyl (C=O) groups excluding carboxylic acids is 1. The summed E-state index contributed by atoms with van der Waals surface area (Å²) < 4.78 is 0. The van der Waals surface area contributed by atoms with E-state index in [9.17, 15) is 4.79 Å². The summed E-state index contributed by atoms with van der Waals surface area (Å²) >= 11 is 0. The van der Waals surface area contributed by atoms with Gasteiger partial charge in [-0.15, -0.1) is 12.4 Å². The van der Waals surface area contributed by atoms with Gasteiger partial charge in [0, 0.05) is 31.2 Å². The number of rotatable bonds is 8. The second-order valence-electron chi connectivity index (χ2n) is 7.18. The summed E-state index contributed by atoms with van der Waals surface area (Å²) in [7, 11) is 0. The van der Waals surface area contributed by atoms with Gasteiger partial charge in [0.2, 0.25) is 5.91 Å². The van der Waals surface area contributed by atoms with E-state index in [1.165, 1.54) is 6.42 Å². The van der Waals surface area contributed by atoms with Crippen LogP contribution in [0.25, 0.3) is 0 Å². The molecule has 2 atom stereocenters. The predicted molar refractivity (Wildman–Crippen MR) is 104 cm³/mol. The van der Waals surface area contributed by atoms with Crippen LogP contribution in [0.5, 0.6) is 0 Å². The summed E-state index contributed by atoms with van der Waals surface area (Å²) in [4.78, 5) is 14.8. The summed E-state index contributed by atoms with van der Waals surface area (Å²) in [6.45, 7) is 11.0. The fourth-order valence-electron chi connectivity index (χ4n) is 3.37. The highest BCUT2D eigenvalue weighted by molar-refractivity contribution is 5.91. The lowest BCUT2D eigenvalue weighted by molar-refractivity contribution is -0.117. The highest BCUT2D eigenvalue weighted by Crippen LogP contribution is 2.27. The molecule has 1 aliphatic rings. The molecule has 24 heavy (non-hydrogen) atoms. The molecule has 2 rings (SSSR count). The molecule has 4 nitrogen and oxygen atoms in total. The van der Waals surface area contributed by atoms with E-state index in [0.29, 0.717) is 11.8 Å². The van der Waals surface area contributed by atoms with Crippen LogP contribution in [0.4, 0.5) is 5.69 Å². The topological polar surface area (TPSA) is 44.4 Å². The van der Waals surface area contributed by atoms with Gasteiger partial charge in [-0.3, -0.25) is 9.69 Å². The Bertz CT molecular complexity index is 489. The third-order valence-electron chi connectivity index (χ3n) is 4.71. The molecule has 0 bridgehead atoms. The van der Waals surface area contributed by atoms with Crippen LogP contribution < -0.4 is 10.6 Å². The molecular formula is C19H32ClN3O. The van der Waals surface area contributed by atoms with Gasteiger partial charge in [-0.05, 0) is 50.4 Å². The van der Waals surface area contributed by atoms with Crippen LogP contribution in [0, 0.1) is 5.41 Å². The number of anilines is 1. The third kappa shape index (κ3) is 6.42. The van der Waals surface area contributed by atoms with E-state index >= 15 is 0 Å². The normalized spacial score (nSPS) is 21.3. The lowest BCUT2D eigenvalue weighted by Crippen LogP contribution is -2.44. The van der Waals surface area contributed by atoms with Gasteiger partial charge in [-0.2, -0.15) is 0 Å². The Kier molecular flexibility index (Phi) is 8.74. The molecule has 1 fully saturated rings. The van der Waals surface area contributed by atoms with Crippen LogP contribution >= 0.6 is 12.4 Å². The van der Waals surface area contributed by atoms with Gasteiger partial charge >= 0.3 is 0 Å². The predicted octanol–water partition coefficient (Wildman–Crippen LogP) is 3.54. The summed E-state index contributed by atoms with van der Waals surface area (Å²) in [5, 5.41) is 6.46. The van der Waals surface area contributed by atoms with Gasteiger partial charge in [-0.25, -0.2) is 0 Å². The lowest BCUT2D eigenvalue weighted by atomic mass is 9.88. The molecule has 0 aromatic heterocycles. The molecule has 1 aliphatic heterocycles. The zero-order chi connectivity index (χ0) is 16.7. The van der Waals surface area contributed by atoms with E-state index in [0.717, 1.165) is 38.3 Å². The Morgan fingerprint density at radius 3 is 2.67 bits per heavy atom. The molecule has 2 unspecified atom stereocenters. The molecule has 136 valence electrons. The van der Waals surface area contributed by atoms with Gasteiger partial charge in [-0.1, -0.05) is 32.0 Å². The number of halogens is 1. The third-order valence-corrected chi connectivity index (χ3v) is 4.71. The van der Waals surface area contributed by atoms with Gasteiger partial charge in [0.05, 0.1) is 0 Å². The van der Waals surface area contributed by atoms with E-state index in [1.807, 2.05) is 30.3 Å². The van der Waals surface area contributed by atoms with Crippen molar-refractivity contribution in [1.29, 1.82) is 0 Å². The maximum Gasteiger partial charge on any atom is 0.225 e. The van der Waals surface area contributed by atoms with Crippen LogP contribution in [0.15, 0.2) is 30.3 Å². The summed E-state index contributed by atoms with van der Waals surface area (Å²) in [6, 6.07) is 9.95. The van der Waals surface area contributed by atoms with Crippen LogP contribution in [0.2, 0.25) is 0 Å². The molecule has 1 saturated heterocycles. The lowest BCUT2D eigenvalue weighted by Gasteiger charge is -2.35. The molecule has 0 spiro atoms. The summed E-state index contributed by atoms with van der Waals surface area (Å²) in [5.41, 5.74) is 1.21. The molecule has 1 aromatic rings. The van der Waals surface area contributed by atoms with Crippen molar-refractivity contribution < 1.29 is 4.79 Å². The Morgan fingerprint density at radius 1 is 1.38 bits per heavy atom. The molecular weight excluding hydrogens is 322 g/mol. The Morgan fingerprint density at radius 2 is 2.08 bits per heavy atom. The summed E-state index contributed by atoms with van der Waals surface area (Å²) in [6.07, 6.45) is 2.88. The number of para-hydroxylation sites is 1. The standard InChI is InChI=1S/C19H31N3O.ClH/c1-4-12-22(15-19(3)10-11-20-14-19)16(2)13-18(23)21-17-8-6-5-7-9-17;/h5-9,16,20H,4,10-15H2,1-3H3,(H,21,23);1H. The van der Waals surface area contributed by atoms with Crippen molar-refractivity contribution in [2.45, 2.75) is 46.1 Å². The number of carbonyl (C=O) groups is 1. The molecule has 0 aliphatic carbocycles. The first kappa shape index (κ1) is 20.9. The first-order valence-electron chi connectivity index (χ1n) is 8.82. The molecule has 1 amide bonds. The molecule has 1 heterocycles. The zero-order valence-corrected chi connectivity index (χ0v) is 16.0. The molecule has 2 N–H and O–H groups in total. The fourth-order valence-corrected chi connectivity index (χ4v) is 3.37. The minimum atomic E-state index is 0. The molecule has 0 radical (unpaired) electrons. The van der Waals surface area contributed by atoms with Crippen LogP contribution in [-0.2, 0) is 4.79 Å². The first-order valence-corrected chi connectivity index (χ1v) is 8.82. The number of benzene rings is 1. The van der Waals surface area contributed by atoms with Crippen molar-refractivity contribution in [3.05, 3.63) is 30.3 Å². The largest absolute Gasteiger partial charge is 0.326 e. The second-order valence-corrected chi connectivity index (χ2v) is 7.18. The average Bonchev–Trinajstić information content (AvgIpc) is 2.94. The smallest absolute Gasteiger partial charge is 0.225 e. The van der Waals surface area contributed by atoms with Crippen LogP contribution in [0.1, 0.15) is 40.0 Å². The number of nitrogens with zero attached hydrogens (tertiary/aromatic N) is 1. The maximum atomic E-state index is 12.3. The monoisotopic (exact) mass is 353 g/mol. The quantitative estimate of drug-likeness (QED) is 0.751. The number of hydrogen-bond acceptors (Lipinski definition) is 3. The Hall–Kier alpha value is -1.10. The second kappa shape index (κ2) is 10.0. The van der Waals surface area contributed by atoms with Gasteiger partial charge in [0.1, 0.15) is 0 Å². The minimum absolute atomic E-state index is 0. The Balaban J connectivity index is 0.00000288. The van der Waals surface area contributed by atoms with E-state index in [4.69, 9.17) is 0 Å². The van der Waals surface area contributed by atoms with Crippen molar-refractivity contribution >= 4 is 24.0 Å². The maximum absolute atomic E-state index is 12.3. The first-order chi connectivity index (χ1) is 11.0. The minimum Gasteiger partial charge on any atom is -0.326 e. The highest BCUT2D eigenvalue weighted by atomic mass is 35.5. The van der Waals surface area contributed by atoms with Gasteiger partial charge in [0.25, 0.3) is 0 Å². The number of amides is 1. The highest BCUT2D eigenvalue weighted by Gasteiger charge is 2.32. The number of hydrogen-bond donors (Lipinski definition) is 2. The number of nitrogens with one attached hydrogen (secondary N) is 2. The molecule has 1 aromatic carbocycles. The van der Waals surface area contributed by atoms with E-state index in [1.54, 1.807) is 0 Å².